The van der Waals surface area contributed by atoms with Gasteiger partial charge in [0.15, 0.2) is 0 Å². The van der Waals surface area contributed by atoms with Crippen molar-refractivity contribution in [3.8, 4) is 0 Å². The van der Waals surface area contributed by atoms with Crippen LogP contribution in [0.1, 0.15) is 23.2 Å². The first-order valence-corrected chi connectivity index (χ1v) is 8.46. The van der Waals surface area contributed by atoms with Crippen LogP contribution >= 0.6 is 0 Å². The summed E-state index contributed by atoms with van der Waals surface area (Å²) in [5, 5.41) is 5.25. The van der Waals surface area contributed by atoms with E-state index >= 15 is 0 Å². The van der Waals surface area contributed by atoms with Crippen LogP contribution in [0.25, 0.3) is 0 Å². The number of guanidine groups is 1. The number of halogens is 3. The van der Waals surface area contributed by atoms with Gasteiger partial charge in [0, 0.05) is 23.9 Å². The maximum atomic E-state index is 13.4. The van der Waals surface area contributed by atoms with Crippen LogP contribution in [-0.2, 0) is 4.74 Å². The Kier molecular flexibility index (Phi) is 6.08. The molecule has 27 heavy (non-hydrogen) atoms. The molecule has 2 aromatic carbocycles. The van der Waals surface area contributed by atoms with Gasteiger partial charge in [-0.2, -0.15) is 0 Å². The number of hydrogen-bond donors (Lipinski definition) is 2. The lowest BCUT2D eigenvalue weighted by Gasteiger charge is -2.13. The van der Waals surface area contributed by atoms with Crippen molar-refractivity contribution in [2.24, 2.45) is 4.99 Å². The fraction of sp³-hybridized carbons (Fsp3) is 0.263. The predicted molar refractivity (Wildman–Crippen MR) is 95.1 cm³/mol. The fourth-order valence-corrected chi connectivity index (χ4v) is 2.64. The van der Waals surface area contributed by atoms with Crippen LogP contribution in [0.5, 0.6) is 0 Å². The summed E-state index contributed by atoms with van der Waals surface area (Å²) in [6, 6.07) is 7.87. The molecule has 0 aromatic heterocycles. The van der Waals surface area contributed by atoms with Crippen molar-refractivity contribution < 1.29 is 22.7 Å². The molecule has 8 heteroatoms. The highest BCUT2D eigenvalue weighted by Gasteiger charge is 2.16. The fourth-order valence-electron chi connectivity index (χ4n) is 2.64. The minimum Gasteiger partial charge on any atom is -0.376 e. The number of ether oxygens (including phenoxy) is 1. The van der Waals surface area contributed by atoms with Crippen LogP contribution in [-0.4, -0.2) is 31.1 Å². The summed E-state index contributed by atoms with van der Waals surface area (Å²) in [4.78, 5) is 16.6. The lowest BCUT2D eigenvalue weighted by Crippen LogP contribution is -2.36. The van der Waals surface area contributed by atoms with E-state index in [0.717, 1.165) is 43.2 Å². The van der Waals surface area contributed by atoms with E-state index in [1.165, 1.54) is 12.1 Å². The second-order valence-electron chi connectivity index (χ2n) is 6.07. The molecule has 0 spiro atoms. The molecule has 1 atom stereocenters. The molecule has 0 saturated carbocycles. The molecule has 1 aliphatic rings. The first-order chi connectivity index (χ1) is 13.0. The normalized spacial score (nSPS) is 17.0. The summed E-state index contributed by atoms with van der Waals surface area (Å²) in [6.45, 7) is 0.934. The van der Waals surface area contributed by atoms with Gasteiger partial charge in [-0.3, -0.25) is 10.1 Å². The summed E-state index contributed by atoms with van der Waals surface area (Å²) in [6.07, 6.45) is 1.70. The number of rotatable bonds is 4. The minimum absolute atomic E-state index is 0.0184. The summed E-state index contributed by atoms with van der Waals surface area (Å²) >= 11 is 0. The van der Waals surface area contributed by atoms with Gasteiger partial charge in [0.1, 0.15) is 17.5 Å². The van der Waals surface area contributed by atoms with Gasteiger partial charge in [-0.25, -0.2) is 18.2 Å². The van der Waals surface area contributed by atoms with Gasteiger partial charge < -0.3 is 10.1 Å². The number of amides is 1. The van der Waals surface area contributed by atoms with Gasteiger partial charge in [0.2, 0.25) is 5.96 Å². The second-order valence-corrected chi connectivity index (χ2v) is 6.07. The molecule has 1 fully saturated rings. The summed E-state index contributed by atoms with van der Waals surface area (Å²) < 4.78 is 45.3. The van der Waals surface area contributed by atoms with Crippen LogP contribution in [0.3, 0.4) is 0 Å². The Balaban J connectivity index is 1.76. The zero-order chi connectivity index (χ0) is 19.2. The molecule has 0 radical (unpaired) electrons. The Hall–Kier alpha value is -2.87. The Morgan fingerprint density at radius 2 is 1.78 bits per heavy atom. The molecule has 142 valence electrons. The SMILES string of the molecule is O=C(NC(=NC[C@H]1CCCO1)Nc1cc(F)cc(F)c1)c1ccc(F)cc1. The number of nitrogens with one attached hydrogen (secondary N) is 2. The number of carbonyl (C=O) groups excluding carboxylic acids is 1. The number of benzene rings is 2. The molecule has 3 rings (SSSR count). The minimum atomic E-state index is -0.763. The smallest absolute Gasteiger partial charge is 0.257 e. The largest absolute Gasteiger partial charge is 0.376 e. The summed E-state index contributed by atoms with van der Waals surface area (Å²) in [7, 11) is 0. The van der Waals surface area contributed by atoms with E-state index in [0.29, 0.717) is 6.61 Å². The zero-order valence-corrected chi connectivity index (χ0v) is 14.3. The summed E-state index contributed by atoms with van der Waals surface area (Å²) in [5.74, 6) is -2.51. The van der Waals surface area contributed by atoms with Crippen molar-refractivity contribution in [2.75, 3.05) is 18.5 Å². The standard InChI is InChI=1S/C19H18F3N3O2/c20-13-5-3-12(4-6-13)18(26)25-19(23-11-17-2-1-7-27-17)24-16-9-14(21)8-15(22)10-16/h3-6,8-10,17H,1-2,7,11H2,(H2,23,24,25,26)/t17-/m1/s1. The molecule has 1 heterocycles. The van der Waals surface area contributed by atoms with E-state index in [2.05, 4.69) is 15.6 Å². The highest BCUT2D eigenvalue weighted by Crippen LogP contribution is 2.14. The van der Waals surface area contributed by atoms with Crippen LogP contribution in [0, 0.1) is 17.5 Å². The first kappa shape index (κ1) is 18.9. The van der Waals surface area contributed by atoms with Gasteiger partial charge in [0.25, 0.3) is 5.91 Å². The average molecular weight is 377 g/mol. The number of nitrogens with zero attached hydrogens (tertiary/aromatic N) is 1. The quantitative estimate of drug-likeness (QED) is 0.633. The maximum Gasteiger partial charge on any atom is 0.257 e. The van der Waals surface area contributed by atoms with Crippen molar-refractivity contribution in [2.45, 2.75) is 18.9 Å². The van der Waals surface area contributed by atoms with Gasteiger partial charge in [-0.05, 0) is 49.2 Å². The molecule has 0 bridgehead atoms. The topological polar surface area (TPSA) is 62.7 Å². The Bertz CT molecular complexity index is 814. The first-order valence-electron chi connectivity index (χ1n) is 8.46. The third kappa shape index (κ3) is 5.55. The van der Waals surface area contributed by atoms with Gasteiger partial charge >= 0.3 is 0 Å². The predicted octanol–water partition coefficient (Wildman–Crippen LogP) is 3.48. The third-order valence-corrected chi connectivity index (χ3v) is 3.94. The van der Waals surface area contributed by atoms with E-state index < -0.39 is 23.4 Å². The molecule has 2 aromatic rings. The van der Waals surface area contributed by atoms with Crippen molar-refractivity contribution >= 4 is 17.6 Å². The lowest BCUT2D eigenvalue weighted by atomic mass is 10.2. The van der Waals surface area contributed by atoms with Crippen LogP contribution in [0.2, 0.25) is 0 Å². The molecule has 0 aliphatic carbocycles. The highest BCUT2D eigenvalue weighted by molar-refractivity contribution is 6.09. The van der Waals surface area contributed by atoms with Crippen molar-refractivity contribution in [3.05, 3.63) is 65.5 Å². The molecule has 5 nitrogen and oxygen atoms in total. The van der Waals surface area contributed by atoms with E-state index in [1.807, 2.05) is 0 Å². The van der Waals surface area contributed by atoms with Crippen LogP contribution in [0.15, 0.2) is 47.5 Å². The summed E-state index contributed by atoms with van der Waals surface area (Å²) in [5.41, 5.74) is 0.312. The number of carbonyl (C=O) groups is 1. The van der Waals surface area contributed by atoms with E-state index in [1.54, 1.807) is 0 Å². The van der Waals surface area contributed by atoms with Crippen LogP contribution < -0.4 is 10.6 Å². The Labute approximate surface area is 154 Å². The highest BCUT2D eigenvalue weighted by atomic mass is 19.1. The molecular formula is C19H18F3N3O2. The van der Waals surface area contributed by atoms with Crippen molar-refractivity contribution in [1.82, 2.24) is 5.32 Å². The third-order valence-electron chi connectivity index (χ3n) is 3.94. The number of aliphatic imine (C=N–C) groups is 1. The van der Waals surface area contributed by atoms with Crippen LogP contribution in [0.4, 0.5) is 18.9 Å². The average Bonchev–Trinajstić information content (AvgIpc) is 3.13. The van der Waals surface area contributed by atoms with E-state index in [4.69, 9.17) is 4.74 Å². The van der Waals surface area contributed by atoms with Gasteiger partial charge in [-0.15, -0.1) is 0 Å². The van der Waals surface area contributed by atoms with E-state index in [-0.39, 0.29) is 29.9 Å². The van der Waals surface area contributed by atoms with Gasteiger partial charge in [0.05, 0.1) is 12.6 Å². The van der Waals surface area contributed by atoms with Crippen molar-refractivity contribution in [1.29, 1.82) is 0 Å². The molecule has 2 N–H and O–H groups in total. The van der Waals surface area contributed by atoms with Crippen molar-refractivity contribution in [3.63, 3.8) is 0 Å². The monoisotopic (exact) mass is 377 g/mol. The van der Waals surface area contributed by atoms with Gasteiger partial charge in [-0.1, -0.05) is 0 Å². The molecule has 1 amide bonds. The Morgan fingerprint density at radius 3 is 2.41 bits per heavy atom. The zero-order valence-electron chi connectivity index (χ0n) is 14.3. The number of anilines is 1. The maximum absolute atomic E-state index is 13.4. The molecular weight excluding hydrogens is 359 g/mol. The molecule has 1 saturated heterocycles. The second kappa shape index (κ2) is 8.68. The van der Waals surface area contributed by atoms with E-state index in [9.17, 15) is 18.0 Å². The lowest BCUT2D eigenvalue weighted by molar-refractivity contribution is 0.0975. The Morgan fingerprint density at radius 1 is 1.07 bits per heavy atom. The molecule has 0 unspecified atom stereocenters. The number of hydrogen-bond acceptors (Lipinski definition) is 3. The molecule has 1 aliphatic heterocycles.